The van der Waals surface area contributed by atoms with E-state index in [1.807, 2.05) is 111 Å². The van der Waals surface area contributed by atoms with Crippen LogP contribution in [0.4, 0.5) is 8.78 Å². The lowest BCUT2D eigenvalue weighted by molar-refractivity contribution is -0.121. The molecule has 0 aliphatic carbocycles. The highest BCUT2D eigenvalue weighted by Gasteiger charge is 2.25. The van der Waals surface area contributed by atoms with Crippen LogP contribution >= 0.6 is 0 Å². The van der Waals surface area contributed by atoms with Gasteiger partial charge >= 0.3 is 0 Å². The minimum atomic E-state index is -0.436. The van der Waals surface area contributed by atoms with Gasteiger partial charge in [-0.15, -0.1) is 0 Å². The molecule has 0 aliphatic heterocycles. The zero-order chi connectivity index (χ0) is 47.5. The predicted molar refractivity (Wildman–Crippen MR) is 263 cm³/mol. The van der Waals surface area contributed by atoms with Crippen LogP contribution in [0.1, 0.15) is 103 Å². The first-order valence-corrected chi connectivity index (χ1v) is 22.3. The Morgan fingerprint density at radius 3 is 0.956 bits per heavy atom. The van der Waals surface area contributed by atoms with E-state index in [-0.39, 0.29) is 28.9 Å². The molecule has 0 bridgehead atoms. The summed E-state index contributed by atoms with van der Waals surface area (Å²) in [6.07, 6.45) is 0. The summed E-state index contributed by atoms with van der Waals surface area (Å²) in [6.45, 7) is 6.85. The molecule has 0 N–H and O–H groups in total. The zero-order valence-electron chi connectivity index (χ0n) is 37.5. The minimum absolute atomic E-state index is 0.0458. The highest BCUT2D eigenvalue weighted by atomic mass is 19.1. The summed E-state index contributed by atoms with van der Waals surface area (Å²) in [5.74, 6) is -2.33. The van der Waals surface area contributed by atoms with Gasteiger partial charge in [-0.2, -0.15) is 0 Å². The highest BCUT2D eigenvalue weighted by molar-refractivity contribution is 6.18. The Morgan fingerprint density at radius 1 is 0.368 bits per heavy atom. The van der Waals surface area contributed by atoms with Crippen molar-refractivity contribution in [3.8, 4) is 11.4 Å². The fraction of sp³-hybridized carbons (Fsp3) is 0.102. The first-order chi connectivity index (χ1) is 32.7. The van der Waals surface area contributed by atoms with Crippen molar-refractivity contribution < 1.29 is 32.8 Å². The molecule has 0 aliphatic rings. The number of halogens is 2. The van der Waals surface area contributed by atoms with E-state index in [1.165, 1.54) is 62.4 Å². The van der Waals surface area contributed by atoms with Gasteiger partial charge in [-0.05, 0) is 171 Å². The molecule has 2 unspecified atom stereocenters. The van der Waals surface area contributed by atoms with E-state index in [2.05, 4.69) is 9.13 Å². The van der Waals surface area contributed by atoms with Crippen molar-refractivity contribution in [2.24, 2.45) is 0 Å². The largest absolute Gasteiger partial charge is 0.309 e. The van der Waals surface area contributed by atoms with Crippen molar-refractivity contribution in [1.82, 2.24) is 9.13 Å². The number of hydrogen-bond acceptors (Lipinski definition) is 5. The number of fused-ring (bicyclic) bond motifs is 6. The van der Waals surface area contributed by atoms with Crippen molar-refractivity contribution in [3.63, 3.8) is 0 Å². The average Bonchev–Trinajstić information content (AvgIpc) is 3.87. The van der Waals surface area contributed by atoms with Crippen LogP contribution in [0, 0.1) is 11.6 Å². The van der Waals surface area contributed by atoms with Gasteiger partial charge in [0.05, 0.1) is 22.1 Å². The zero-order valence-corrected chi connectivity index (χ0v) is 37.5. The summed E-state index contributed by atoms with van der Waals surface area (Å²) < 4.78 is 31.5. The van der Waals surface area contributed by atoms with Crippen molar-refractivity contribution in [1.29, 1.82) is 0 Å². The van der Waals surface area contributed by atoms with Gasteiger partial charge in [0.1, 0.15) is 17.4 Å². The smallest absolute Gasteiger partial charge is 0.193 e. The van der Waals surface area contributed by atoms with Crippen LogP contribution in [0.5, 0.6) is 0 Å². The molecule has 0 fully saturated rings. The Morgan fingerprint density at radius 2 is 0.647 bits per heavy atom. The monoisotopic (exact) mass is 896 g/mol. The topological polar surface area (TPSA) is 95.2 Å². The van der Waals surface area contributed by atoms with Crippen LogP contribution in [0.2, 0.25) is 0 Å². The number of ketones is 5. The summed E-state index contributed by atoms with van der Waals surface area (Å²) in [4.78, 5) is 66.2. The van der Waals surface area contributed by atoms with Crippen LogP contribution in [0.25, 0.3) is 55.0 Å². The van der Waals surface area contributed by atoms with Gasteiger partial charge in [0.25, 0.3) is 0 Å². The van der Waals surface area contributed by atoms with Crippen LogP contribution in [-0.4, -0.2) is 38.1 Å². The molecule has 8 aromatic carbocycles. The first-order valence-electron chi connectivity index (χ1n) is 22.3. The highest BCUT2D eigenvalue weighted by Crippen LogP contribution is 2.37. The maximum atomic E-state index is 14.2. The molecule has 332 valence electrons. The number of nitrogens with zero attached hydrogens (tertiary/aromatic N) is 2. The maximum Gasteiger partial charge on any atom is 0.193 e. The molecule has 0 amide bonds. The molecule has 2 atom stereocenters. The Kier molecular flexibility index (Phi) is 10.9. The second-order valence-corrected chi connectivity index (χ2v) is 17.4. The SMILES string of the molecule is CC(=O)c1ccc2c(c1)c1cc(C(=O)c3ccc(F)cc3)ccc1n2-c1ccc(C(C)C(=O)C(C)c2ccc(-n3c4ccc(C(C)=O)cc4c4cc(C(=O)c5ccc(F)cc5)ccc43)cc2)cc1. The van der Waals surface area contributed by atoms with Crippen molar-refractivity contribution in [2.75, 3.05) is 0 Å². The second kappa shape index (κ2) is 17.1. The van der Waals surface area contributed by atoms with Crippen LogP contribution in [0.15, 0.2) is 170 Å². The average molecular weight is 897 g/mol. The van der Waals surface area contributed by atoms with Crippen molar-refractivity contribution in [3.05, 3.63) is 226 Å². The normalized spacial score (nSPS) is 12.4. The molecular formula is C59H42F2N2O5. The number of benzene rings is 8. The van der Waals surface area contributed by atoms with Crippen molar-refractivity contribution >= 4 is 72.5 Å². The van der Waals surface area contributed by atoms with Crippen molar-refractivity contribution in [2.45, 2.75) is 39.5 Å². The van der Waals surface area contributed by atoms with Crippen LogP contribution in [-0.2, 0) is 4.79 Å². The van der Waals surface area contributed by atoms with E-state index in [4.69, 9.17) is 0 Å². The van der Waals surface area contributed by atoms with Gasteiger partial charge < -0.3 is 9.13 Å². The third-order valence-corrected chi connectivity index (χ3v) is 13.2. The third kappa shape index (κ3) is 7.61. The van der Waals surface area contributed by atoms with Gasteiger partial charge in [0.2, 0.25) is 0 Å². The molecule has 0 saturated carbocycles. The number of aromatic nitrogens is 2. The lowest BCUT2D eigenvalue weighted by Gasteiger charge is -2.18. The van der Waals surface area contributed by atoms with Crippen LogP contribution in [0.3, 0.4) is 0 Å². The van der Waals surface area contributed by atoms with E-state index < -0.39 is 23.5 Å². The molecular weight excluding hydrogens is 855 g/mol. The number of carbonyl (C=O) groups excluding carboxylic acids is 5. The molecule has 0 radical (unpaired) electrons. The van der Waals surface area contributed by atoms with E-state index in [9.17, 15) is 32.8 Å². The first kappa shape index (κ1) is 43.5. The fourth-order valence-corrected chi connectivity index (χ4v) is 9.39. The maximum absolute atomic E-state index is 14.2. The van der Waals surface area contributed by atoms with Crippen LogP contribution < -0.4 is 0 Å². The van der Waals surface area contributed by atoms with Gasteiger partial charge in [-0.25, -0.2) is 8.78 Å². The Labute approximate surface area is 389 Å². The van der Waals surface area contributed by atoms with Gasteiger partial charge in [-0.1, -0.05) is 38.1 Å². The summed E-state index contributed by atoms with van der Waals surface area (Å²) in [7, 11) is 0. The molecule has 2 aromatic heterocycles. The Bertz CT molecular complexity index is 3470. The summed E-state index contributed by atoms with van der Waals surface area (Å²) >= 11 is 0. The predicted octanol–water partition coefficient (Wildman–Crippen LogP) is 13.5. The van der Waals surface area contributed by atoms with E-state index in [1.54, 1.807) is 24.3 Å². The van der Waals surface area contributed by atoms with E-state index >= 15 is 0 Å². The summed E-state index contributed by atoms with van der Waals surface area (Å²) in [5, 5.41) is 3.18. The molecule has 0 spiro atoms. The lowest BCUT2D eigenvalue weighted by atomic mass is 9.86. The fourth-order valence-electron chi connectivity index (χ4n) is 9.39. The van der Waals surface area contributed by atoms with Gasteiger partial charge in [-0.3, -0.25) is 24.0 Å². The minimum Gasteiger partial charge on any atom is -0.309 e. The third-order valence-electron chi connectivity index (χ3n) is 13.2. The number of Topliss-reactive ketones (excluding diaryl/α,β-unsaturated/α-hetero) is 3. The Hall–Kier alpha value is -8.43. The standard InChI is InChI=1S/C59H42F2N2O5/c1-33(37-9-21-47(22-10-37)62-53-25-13-41(35(3)64)29-49(53)51-31-43(15-27-55(51)62)58(67)39-5-17-45(60)18-6-39)57(66)34(2)38-11-23-48(24-12-38)63-54-26-14-42(36(4)65)30-50(54)52-32-44(16-28-56(52)63)59(68)40-7-19-46(61)20-8-40/h5-34H,1-4H3. The molecule has 7 nitrogen and oxygen atoms in total. The summed E-state index contributed by atoms with van der Waals surface area (Å²) in [6, 6.07) is 48.6. The number of rotatable bonds is 12. The molecule has 2 heterocycles. The number of hydrogen-bond donors (Lipinski definition) is 0. The molecule has 10 rings (SSSR count). The summed E-state index contributed by atoms with van der Waals surface area (Å²) in [5.41, 5.74) is 9.40. The van der Waals surface area contributed by atoms with E-state index in [0.717, 1.165) is 66.1 Å². The number of carbonyl (C=O) groups is 5. The van der Waals surface area contributed by atoms with E-state index in [0.29, 0.717) is 33.4 Å². The molecule has 68 heavy (non-hydrogen) atoms. The molecule has 9 heteroatoms. The molecule has 10 aromatic rings. The van der Waals surface area contributed by atoms with Gasteiger partial charge in [0, 0.05) is 78.1 Å². The van der Waals surface area contributed by atoms with Gasteiger partial charge in [0.15, 0.2) is 23.1 Å². The molecule has 0 saturated heterocycles. The Balaban J connectivity index is 0.932. The lowest BCUT2D eigenvalue weighted by Crippen LogP contribution is -2.16. The quantitative estimate of drug-likeness (QED) is 0.114. The second-order valence-electron chi connectivity index (χ2n) is 17.4.